The minimum Gasteiger partial charge on any atom is -0.456 e. The number of rotatable bonds is 3. The zero-order chi connectivity index (χ0) is 27.6. The zero-order valence-corrected chi connectivity index (χ0v) is 21.1. The fourth-order valence-corrected chi connectivity index (χ4v) is 4.64. The molecule has 0 amide bonds. The molecule has 0 bridgehead atoms. The van der Waals surface area contributed by atoms with E-state index >= 15 is 0 Å². The third-order valence-corrected chi connectivity index (χ3v) is 6.30. The first-order valence-corrected chi connectivity index (χ1v) is 11.8. The van der Waals surface area contributed by atoms with Gasteiger partial charge in [0.05, 0.1) is 13.5 Å². The standard InChI is InChI=1S/C32H31N2O/c1-20-8-11-23(12-9-20)29-26(33-6)15-14-25-24-13-10-21(2)28(30(24)35-31(25)29)27-18-22(16-17-34(27)7)19-32(3,4)5/h8-18H,19H2,1-5,7H3/q+1/i16D,19D2. The maximum Gasteiger partial charge on any atom is 0.216 e. The Labute approximate surface area is 211 Å². The molecule has 5 aromatic rings. The lowest BCUT2D eigenvalue weighted by molar-refractivity contribution is -0.660. The SMILES string of the molecule is [2H]c1c[n+](C)c(-c2c(C)ccc3c2oc2c(-c4ccc(C)cc4)c([N+]#[C-])ccc23)cc1C([2H])([2H])C(C)(C)C. The molecule has 0 aliphatic rings. The summed E-state index contributed by atoms with van der Waals surface area (Å²) in [5, 5.41) is 1.86. The van der Waals surface area contributed by atoms with Gasteiger partial charge in [0, 0.05) is 31.2 Å². The molecule has 0 aliphatic heterocycles. The summed E-state index contributed by atoms with van der Waals surface area (Å²) in [5.41, 5.74) is 6.98. The Morgan fingerprint density at radius 2 is 1.63 bits per heavy atom. The molecule has 0 radical (unpaired) electrons. The molecule has 5 rings (SSSR count). The van der Waals surface area contributed by atoms with Crippen molar-refractivity contribution in [2.75, 3.05) is 0 Å². The van der Waals surface area contributed by atoms with E-state index in [0.29, 0.717) is 22.4 Å². The van der Waals surface area contributed by atoms with Gasteiger partial charge in [-0.2, -0.15) is 0 Å². The molecular weight excluding hydrogens is 428 g/mol. The fraction of sp³-hybridized carbons (Fsp3) is 0.250. The topological polar surface area (TPSA) is 21.4 Å². The van der Waals surface area contributed by atoms with Crippen LogP contribution in [0.3, 0.4) is 0 Å². The maximum atomic E-state index is 8.86. The highest BCUT2D eigenvalue weighted by Crippen LogP contribution is 2.44. The van der Waals surface area contributed by atoms with Crippen LogP contribution < -0.4 is 4.57 Å². The van der Waals surface area contributed by atoms with Crippen molar-refractivity contribution >= 4 is 27.6 Å². The number of nitrogens with zero attached hydrogens (tertiary/aromatic N) is 2. The van der Waals surface area contributed by atoms with Crippen molar-refractivity contribution in [1.29, 1.82) is 0 Å². The second-order valence-electron chi connectivity index (χ2n) is 10.3. The Bertz CT molecular complexity index is 1770. The summed E-state index contributed by atoms with van der Waals surface area (Å²) < 4.78 is 34.8. The van der Waals surface area contributed by atoms with E-state index < -0.39 is 11.8 Å². The average Bonchev–Trinajstić information content (AvgIpc) is 3.22. The number of furan rings is 1. The first-order valence-electron chi connectivity index (χ1n) is 13.3. The maximum absolute atomic E-state index is 8.86. The van der Waals surface area contributed by atoms with Crippen molar-refractivity contribution in [1.82, 2.24) is 0 Å². The van der Waals surface area contributed by atoms with Gasteiger partial charge < -0.3 is 4.42 Å². The van der Waals surface area contributed by atoms with Crippen LogP contribution in [0.1, 0.15) is 41.6 Å². The number of benzene rings is 3. The molecule has 3 heteroatoms. The first-order chi connectivity index (χ1) is 17.8. The van der Waals surface area contributed by atoms with E-state index in [9.17, 15) is 0 Å². The van der Waals surface area contributed by atoms with Gasteiger partial charge in [-0.1, -0.05) is 74.9 Å². The van der Waals surface area contributed by atoms with Crippen LogP contribution >= 0.6 is 0 Å². The van der Waals surface area contributed by atoms with E-state index in [-0.39, 0.29) is 6.04 Å². The van der Waals surface area contributed by atoms with Crippen LogP contribution in [0.15, 0.2) is 71.3 Å². The Morgan fingerprint density at radius 1 is 0.971 bits per heavy atom. The second kappa shape index (κ2) is 8.40. The van der Waals surface area contributed by atoms with E-state index in [2.05, 4.69) is 4.85 Å². The largest absolute Gasteiger partial charge is 0.456 e. The predicted molar refractivity (Wildman–Crippen MR) is 145 cm³/mol. The molecule has 0 aliphatic carbocycles. The van der Waals surface area contributed by atoms with E-state index in [1.54, 1.807) is 12.3 Å². The minimum absolute atomic E-state index is 0.161. The van der Waals surface area contributed by atoms with Crippen LogP contribution in [0.5, 0.6) is 0 Å². The van der Waals surface area contributed by atoms with Crippen molar-refractivity contribution in [3.63, 3.8) is 0 Å². The monoisotopic (exact) mass is 462 g/mol. The lowest BCUT2D eigenvalue weighted by atomic mass is 9.88. The number of pyridine rings is 1. The van der Waals surface area contributed by atoms with Gasteiger partial charge in [-0.05, 0) is 42.3 Å². The quantitative estimate of drug-likeness (QED) is 0.194. The average molecular weight is 463 g/mol. The summed E-state index contributed by atoms with van der Waals surface area (Å²) in [7, 11) is 1.87. The van der Waals surface area contributed by atoms with Crippen LogP contribution in [-0.2, 0) is 13.4 Å². The van der Waals surface area contributed by atoms with Crippen molar-refractivity contribution < 1.29 is 13.1 Å². The summed E-state index contributed by atoms with van der Waals surface area (Å²) in [4.78, 5) is 3.80. The number of hydrogen-bond donors (Lipinski definition) is 0. The van der Waals surface area contributed by atoms with Crippen molar-refractivity contribution in [2.24, 2.45) is 12.5 Å². The van der Waals surface area contributed by atoms with E-state index in [0.717, 1.165) is 44.3 Å². The highest BCUT2D eigenvalue weighted by atomic mass is 16.3. The molecule has 0 spiro atoms. The normalized spacial score (nSPS) is 13.5. The summed E-state index contributed by atoms with van der Waals surface area (Å²) in [6.45, 7) is 17.4. The Kier molecular flexibility index (Phi) is 4.66. The van der Waals surface area contributed by atoms with Gasteiger partial charge in [-0.3, -0.25) is 0 Å². The molecule has 0 atom stereocenters. The van der Waals surface area contributed by atoms with Crippen LogP contribution in [0.25, 0.3) is 49.2 Å². The van der Waals surface area contributed by atoms with Crippen molar-refractivity contribution in [2.45, 2.75) is 41.0 Å². The summed E-state index contributed by atoms with van der Waals surface area (Å²) >= 11 is 0. The molecule has 174 valence electrons. The summed E-state index contributed by atoms with van der Waals surface area (Å²) in [6, 6.07) is 18.0. The Hall–Kier alpha value is -3.90. The molecular formula is C32H31N2O+. The lowest BCUT2D eigenvalue weighted by Crippen LogP contribution is -2.31. The summed E-state index contributed by atoms with van der Waals surface area (Å²) in [5.74, 6) is 0. The molecule has 0 unspecified atom stereocenters. The molecule has 0 N–H and O–H groups in total. The van der Waals surface area contributed by atoms with Gasteiger partial charge in [0.1, 0.15) is 18.2 Å². The molecule has 2 heterocycles. The van der Waals surface area contributed by atoms with E-state index in [4.69, 9.17) is 15.1 Å². The van der Waals surface area contributed by atoms with Gasteiger partial charge in [-0.15, -0.1) is 0 Å². The van der Waals surface area contributed by atoms with Gasteiger partial charge in [-0.25, -0.2) is 9.41 Å². The van der Waals surface area contributed by atoms with Crippen LogP contribution in [-0.4, -0.2) is 0 Å². The molecule has 35 heavy (non-hydrogen) atoms. The fourth-order valence-electron chi connectivity index (χ4n) is 4.64. The van der Waals surface area contributed by atoms with E-state index in [1.165, 1.54) is 0 Å². The van der Waals surface area contributed by atoms with Crippen LogP contribution in [0.4, 0.5) is 5.69 Å². The first kappa shape index (κ1) is 19.4. The lowest BCUT2D eigenvalue weighted by Gasteiger charge is -2.18. The number of fused-ring (bicyclic) bond motifs is 3. The van der Waals surface area contributed by atoms with Crippen LogP contribution in [0.2, 0.25) is 0 Å². The molecule has 0 saturated carbocycles. The van der Waals surface area contributed by atoms with Gasteiger partial charge in [0.2, 0.25) is 5.69 Å². The van der Waals surface area contributed by atoms with Crippen LogP contribution in [0, 0.1) is 25.8 Å². The number of hydrogen-bond acceptors (Lipinski definition) is 1. The van der Waals surface area contributed by atoms with Gasteiger partial charge >= 0.3 is 0 Å². The second-order valence-corrected chi connectivity index (χ2v) is 10.3. The molecule has 3 nitrogen and oxygen atoms in total. The highest BCUT2D eigenvalue weighted by molar-refractivity contribution is 6.15. The molecule has 2 aromatic heterocycles. The number of aryl methyl sites for hydroxylation is 3. The number of aromatic nitrogens is 1. The van der Waals surface area contributed by atoms with Gasteiger partial charge in [0.25, 0.3) is 0 Å². The molecule has 3 aromatic carbocycles. The predicted octanol–water partition coefficient (Wildman–Crippen LogP) is 8.50. The highest BCUT2D eigenvalue weighted by Gasteiger charge is 2.24. The third kappa shape index (κ3) is 4.10. The van der Waals surface area contributed by atoms with E-state index in [1.807, 2.05) is 94.8 Å². The van der Waals surface area contributed by atoms with Gasteiger partial charge in [0.15, 0.2) is 11.9 Å². The molecule has 0 saturated heterocycles. The zero-order valence-electron chi connectivity index (χ0n) is 24.1. The molecule has 0 fully saturated rings. The Balaban J connectivity index is 1.86. The van der Waals surface area contributed by atoms with Crippen molar-refractivity contribution in [3.05, 3.63) is 94.9 Å². The third-order valence-electron chi connectivity index (χ3n) is 6.30. The summed E-state index contributed by atoms with van der Waals surface area (Å²) in [6.07, 6.45) is -0.0457. The smallest absolute Gasteiger partial charge is 0.216 e. The Morgan fingerprint density at radius 3 is 2.29 bits per heavy atom. The van der Waals surface area contributed by atoms with Crippen molar-refractivity contribution in [3.8, 4) is 22.4 Å². The minimum atomic E-state index is -1.72.